The quantitative estimate of drug-likeness (QED) is 0.603. The molecule has 2 nitrogen and oxygen atoms in total. The molecule has 6 heteroatoms. The van der Waals surface area contributed by atoms with E-state index in [0.717, 1.165) is 0 Å². The average Bonchev–Trinajstić information content (AvgIpc) is 2.85. The fourth-order valence-corrected chi connectivity index (χ4v) is 3.49. The lowest BCUT2D eigenvalue weighted by molar-refractivity contribution is 0.642. The number of benzene rings is 2. The van der Waals surface area contributed by atoms with E-state index in [4.69, 9.17) is 40.1 Å². The van der Waals surface area contributed by atoms with Gasteiger partial charge in [-0.2, -0.15) is 5.26 Å². The van der Waals surface area contributed by atoms with E-state index in [1.807, 2.05) is 6.07 Å². The van der Waals surface area contributed by atoms with E-state index in [-0.39, 0.29) is 22.0 Å². The Morgan fingerprint density at radius 1 is 1.14 bits per heavy atom. The van der Waals surface area contributed by atoms with Crippen molar-refractivity contribution in [1.82, 2.24) is 4.98 Å². The van der Waals surface area contributed by atoms with Crippen LogP contribution >= 0.6 is 34.8 Å². The third kappa shape index (κ3) is 2.44. The van der Waals surface area contributed by atoms with Crippen molar-refractivity contribution in [2.75, 3.05) is 0 Å². The molecule has 3 rings (SSSR count). The lowest BCUT2D eigenvalue weighted by Crippen LogP contribution is -1.90. The molecule has 3 aromatic rings. The molecule has 0 aliphatic rings. The summed E-state index contributed by atoms with van der Waals surface area (Å²) in [7, 11) is 0. The third-order valence-corrected chi connectivity index (χ3v) is 4.23. The molecule has 0 radical (unpaired) electrons. The summed E-state index contributed by atoms with van der Waals surface area (Å²) in [4.78, 5) is 2.95. The van der Waals surface area contributed by atoms with Gasteiger partial charge < -0.3 is 4.98 Å². The highest BCUT2D eigenvalue weighted by Crippen LogP contribution is 2.40. The first-order chi connectivity index (χ1) is 10.5. The number of aromatic nitrogens is 1. The largest absolute Gasteiger partial charge is 0.361 e. The summed E-state index contributed by atoms with van der Waals surface area (Å²) in [6, 6.07) is 8.39. The van der Waals surface area contributed by atoms with Crippen molar-refractivity contribution in [1.29, 1.82) is 5.26 Å². The Morgan fingerprint density at radius 2 is 1.82 bits per heavy atom. The number of halogens is 4. The number of nitriles is 1. The third-order valence-electron chi connectivity index (χ3n) is 3.41. The van der Waals surface area contributed by atoms with E-state index >= 15 is 0 Å². The van der Waals surface area contributed by atoms with Crippen LogP contribution in [0.3, 0.4) is 0 Å². The summed E-state index contributed by atoms with van der Waals surface area (Å²) < 4.78 is 15.0. The van der Waals surface area contributed by atoms with Crippen LogP contribution < -0.4 is 0 Å². The molecular formula is C16H8Cl3FN2. The average molecular weight is 354 g/mol. The molecule has 0 atom stereocenters. The number of hydrogen-bond acceptors (Lipinski definition) is 1. The predicted octanol–water partition coefficient (Wildman–Crippen LogP) is 6.00. The van der Waals surface area contributed by atoms with E-state index in [2.05, 4.69) is 4.98 Å². The number of nitrogens with one attached hydrogen (secondary N) is 1. The number of rotatable bonds is 2. The first-order valence-electron chi connectivity index (χ1n) is 6.33. The lowest BCUT2D eigenvalue weighted by atomic mass is 10.0. The van der Waals surface area contributed by atoms with Gasteiger partial charge in [0.25, 0.3) is 0 Å². The Hall–Kier alpha value is -1.73. The molecule has 0 spiro atoms. The van der Waals surface area contributed by atoms with E-state index in [1.165, 1.54) is 12.1 Å². The van der Waals surface area contributed by atoms with Crippen molar-refractivity contribution >= 4 is 45.7 Å². The Labute approximate surface area is 141 Å². The molecule has 0 fully saturated rings. The van der Waals surface area contributed by atoms with Gasteiger partial charge in [-0.15, -0.1) is 0 Å². The highest BCUT2D eigenvalue weighted by molar-refractivity contribution is 6.41. The zero-order valence-corrected chi connectivity index (χ0v) is 13.3. The SMILES string of the molecule is N#CCc1c[nH]c2ccc(-c3c(Cl)cc(Cl)cc3Cl)c(F)c12. The summed E-state index contributed by atoms with van der Waals surface area (Å²) in [5.74, 6) is -0.463. The van der Waals surface area contributed by atoms with Crippen molar-refractivity contribution < 1.29 is 4.39 Å². The van der Waals surface area contributed by atoms with Crippen molar-refractivity contribution in [3.05, 3.63) is 56.9 Å². The summed E-state index contributed by atoms with van der Waals surface area (Å²) in [6.45, 7) is 0. The van der Waals surface area contributed by atoms with E-state index < -0.39 is 5.82 Å². The molecule has 1 N–H and O–H groups in total. The van der Waals surface area contributed by atoms with Gasteiger partial charge >= 0.3 is 0 Å². The maximum atomic E-state index is 15.0. The second kappa shape index (κ2) is 5.81. The van der Waals surface area contributed by atoms with Crippen molar-refractivity contribution in [2.24, 2.45) is 0 Å². The number of hydrogen-bond donors (Lipinski definition) is 1. The smallest absolute Gasteiger partial charge is 0.140 e. The topological polar surface area (TPSA) is 39.6 Å². The maximum absolute atomic E-state index is 15.0. The summed E-state index contributed by atoms with van der Waals surface area (Å²) in [5, 5.41) is 10.2. The van der Waals surface area contributed by atoms with Crippen LogP contribution in [-0.4, -0.2) is 4.98 Å². The highest BCUT2D eigenvalue weighted by atomic mass is 35.5. The highest BCUT2D eigenvalue weighted by Gasteiger charge is 2.18. The Kier molecular flexibility index (Phi) is 4.01. The van der Waals surface area contributed by atoms with E-state index in [9.17, 15) is 4.39 Å². The van der Waals surface area contributed by atoms with Gasteiger partial charge in [0.15, 0.2) is 0 Å². The number of fused-ring (bicyclic) bond motifs is 1. The van der Waals surface area contributed by atoms with Crippen LogP contribution in [0.15, 0.2) is 30.5 Å². The van der Waals surface area contributed by atoms with Crippen LogP contribution in [0.4, 0.5) is 4.39 Å². The predicted molar refractivity (Wildman–Crippen MR) is 88.0 cm³/mol. The van der Waals surface area contributed by atoms with Crippen LogP contribution in [0.5, 0.6) is 0 Å². The number of nitrogens with zero attached hydrogens (tertiary/aromatic N) is 1. The first kappa shape index (κ1) is 15.2. The second-order valence-corrected chi connectivity index (χ2v) is 5.99. The molecule has 2 aromatic carbocycles. The van der Waals surface area contributed by atoms with Gasteiger partial charge in [-0.1, -0.05) is 34.8 Å². The lowest BCUT2D eigenvalue weighted by Gasteiger charge is -2.10. The summed E-state index contributed by atoms with van der Waals surface area (Å²) in [5.41, 5.74) is 1.87. The monoisotopic (exact) mass is 352 g/mol. The molecule has 0 aliphatic carbocycles. The molecule has 0 saturated heterocycles. The molecule has 0 bridgehead atoms. The van der Waals surface area contributed by atoms with Gasteiger partial charge in [-0.05, 0) is 29.8 Å². The van der Waals surface area contributed by atoms with Gasteiger partial charge in [0, 0.05) is 33.2 Å². The Bertz CT molecular complexity index is 902. The fourth-order valence-electron chi connectivity index (χ4n) is 2.46. The van der Waals surface area contributed by atoms with Crippen LogP contribution in [0, 0.1) is 17.1 Å². The molecule has 110 valence electrons. The molecule has 0 aliphatic heterocycles. The molecule has 0 unspecified atom stereocenters. The summed E-state index contributed by atoms with van der Waals surface area (Å²) >= 11 is 18.2. The number of aromatic amines is 1. The van der Waals surface area contributed by atoms with Gasteiger partial charge in [0.2, 0.25) is 0 Å². The first-order valence-corrected chi connectivity index (χ1v) is 7.46. The minimum atomic E-state index is -0.463. The van der Waals surface area contributed by atoms with Crippen LogP contribution in [-0.2, 0) is 6.42 Å². The van der Waals surface area contributed by atoms with Gasteiger partial charge in [0.05, 0.1) is 22.5 Å². The molecule has 0 saturated carbocycles. The molecule has 1 aromatic heterocycles. The van der Waals surface area contributed by atoms with Gasteiger partial charge in [-0.3, -0.25) is 0 Å². The fraction of sp³-hybridized carbons (Fsp3) is 0.0625. The standard InChI is InChI=1S/C16H8Cl3FN2/c17-9-5-11(18)15(12(19)6-9)10-1-2-13-14(16(10)20)8(3-4-21)7-22-13/h1-2,5-7,22H,3H2. The molecular weight excluding hydrogens is 346 g/mol. The van der Waals surface area contributed by atoms with E-state index in [0.29, 0.717) is 27.1 Å². The molecule has 22 heavy (non-hydrogen) atoms. The van der Waals surface area contributed by atoms with Gasteiger partial charge in [0.1, 0.15) is 5.82 Å². The van der Waals surface area contributed by atoms with E-state index in [1.54, 1.807) is 18.3 Å². The second-order valence-electron chi connectivity index (χ2n) is 4.74. The van der Waals surface area contributed by atoms with Crippen LogP contribution in [0.2, 0.25) is 15.1 Å². The molecule has 0 amide bonds. The minimum absolute atomic E-state index is 0.114. The Balaban J connectivity index is 2.31. The van der Waals surface area contributed by atoms with Crippen LogP contribution in [0.25, 0.3) is 22.0 Å². The number of H-pyrrole nitrogens is 1. The van der Waals surface area contributed by atoms with Crippen molar-refractivity contribution in [2.45, 2.75) is 6.42 Å². The minimum Gasteiger partial charge on any atom is -0.361 e. The molecule has 1 heterocycles. The van der Waals surface area contributed by atoms with Crippen LogP contribution in [0.1, 0.15) is 5.56 Å². The van der Waals surface area contributed by atoms with Crippen molar-refractivity contribution in [3.63, 3.8) is 0 Å². The summed E-state index contributed by atoms with van der Waals surface area (Å²) in [6.07, 6.45) is 1.74. The zero-order valence-electron chi connectivity index (χ0n) is 11.1. The Morgan fingerprint density at radius 3 is 2.45 bits per heavy atom. The van der Waals surface area contributed by atoms with Gasteiger partial charge in [-0.25, -0.2) is 4.39 Å². The zero-order chi connectivity index (χ0) is 15.9. The normalized spacial score (nSPS) is 10.9. The van der Waals surface area contributed by atoms with Crippen molar-refractivity contribution in [3.8, 4) is 17.2 Å². The maximum Gasteiger partial charge on any atom is 0.140 e.